The van der Waals surface area contributed by atoms with Crippen LogP contribution in [0.25, 0.3) is 28.1 Å². The first-order valence-electron chi connectivity index (χ1n) is 9.89. The second-order valence-corrected chi connectivity index (χ2v) is 8.00. The number of pyridine rings is 2. The largest absolute Gasteiger partial charge is 0.472 e. The molecule has 148 valence electrons. The van der Waals surface area contributed by atoms with E-state index in [1.54, 1.807) is 25.1 Å². The number of aliphatic hydroxyl groups is 1. The Kier molecular flexibility index (Phi) is 4.32. The molecule has 0 aromatic carbocycles. The van der Waals surface area contributed by atoms with E-state index < -0.39 is 0 Å². The number of anilines is 1. The molecular weight excluding hydrogens is 366 g/mol. The maximum atomic E-state index is 10.1. The van der Waals surface area contributed by atoms with Crippen molar-refractivity contribution in [2.24, 2.45) is 0 Å². The average Bonchev–Trinajstić information content (AvgIpc) is 3.37. The molecule has 1 fully saturated rings. The zero-order valence-corrected chi connectivity index (χ0v) is 16.2. The van der Waals surface area contributed by atoms with E-state index in [0.717, 1.165) is 59.6 Å². The van der Waals surface area contributed by atoms with Crippen LogP contribution in [0.4, 0.5) is 5.82 Å². The highest BCUT2D eigenvalue weighted by molar-refractivity contribution is 5.76. The van der Waals surface area contributed by atoms with Crippen LogP contribution < -0.4 is 5.32 Å². The minimum absolute atomic E-state index is 0.158. The molecule has 2 N–H and O–H groups in total. The zero-order valence-electron chi connectivity index (χ0n) is 16.2. The van der Waals surface area contributed by atoms with Gasteiger partial charge in [-0.1, -0.05) is 0 Å². The minimum atomic E-state index is -0.256. The lowest BCUT2D eigenvalue weighted by atomic mass is 9.81. The van der Waals surface area contributed by atoms with Crippen molar-refractivity contribution < 1.29 is 9.52 Å². The van der Waals surface area contributed by atoms with Gasteiger partial charge in [0.1, 0.15) is 17.7 Å². The van der Waals surface area contributed by atoms with Gasteiger partial charge in [0.05, 0.1) is 30.0 Å². The molecule has 0 unspecified atom stereocenters. The summed E-state index contributed by atoms with van der Waals surface area (Å²) in [5.74, 6) is 0.792. The standard InChI is InChI=1S/C22H23N5O2/c1-22(8-2-3-17(28)12-22)26-20-5-4-18-21(25-20)27(14-24-18)16-6-9-23-19(11-16)15-7-10-29-13-15/h4-7,9-11,13-14,17,28H,2-3,8,12H2,1H3,(H,25,26)/t17-,22-/m0/s1. The van der Waals surface area contributed by atoms with Gasteiger partial charge in [0.2, 0.25) is 0 Å². The van der Waals surface area contributed by atoms with Crippen molar-refractivity contribution in [3.8, 4) is 16.9 Å². The van der Waals surface area contributed by atoms with Crippen molar-refractivity contribution in [2.75, 3.05) is 5.32 Å². The first-order chi connectivity index (χ1) is 14.1. The van der Waals surface area contributed by atoms with Crippen molar-refractivity contribution in [1.82, 2.24) is 19.5 Å². The third-order valence-electron chi connectivity index (χ3n) is 5.62. The summed E-state index contributed by atoms with van der Waals surface area (Å²) in [5, 5.41) is 13.6. The fraction of sp³-hybridized carbons (Fsp3) is 0.318. The molecule has 4 aromatic rings. The van der Waals surface area contributed by atoms with Crippen LogP contribution in [0.5, 0.6) is 0 Å². The normalized spacial score (nSPS) is 22.1. The highest BCUT2D eigenvalue weighted by atomic mass is 16.3. The molecule has 0 spiro atoms. The highest BCUT2D eigenvalue weighted by Crippen LogP contribution is 2.31. The number of nitrogens with zero attached hydrogens (tertiary/aromatic N) is 4. The minimum Gasteiger partial charge on any atom is -0.472 e. The van der Waals surface area contributed by atoms with Crippen molar-refractivity contribution in [1.29, 1.82) is 0 Å². The molecule has 0 radical (unpaired) electrons. The number of furan rings is 1. The Morgan fingerprint density at radius 1 is 1.24 bits per heavy atom. The van der Waals surface area contributed by atoms with Gasteiger partial charge in [0.25, 0.3) is 0 Å². The first-order valence-corrected chi connectivity index (χ1v) is 9.89. The van der Waals surface area contributed by atoms with Crippen LogP contribution in [0, 0.1) is 0 Å². The SMILES string of the molecule is C[C@]1(Nc2ccc3ncn(-c4ccnc(-c5ccoc5)c4)c3n2)CCC[C@H](O)C1. The van der Waals surface area contributed by atoms with Crippen LogP contribution in [0.3, 0.4) is 0 Å². The molecule has 1 aliphatic carbocycles. The Morgan fingerprint density at radius 3 is 3.00 bits per heavy atom. The lowest BCUT2D eigenvalue weighted by molar-refractivity contribution is 0.100. The average molecular weight is 389 g/mol. The summed E-state index contributed by atoms with van der Waals surface area (Å²) < 4.78 is 7.14. The van der Waals surface area contributed by atoms with Crippen LogP contribution in [0.2, 0.25) is 0 Å². The zero-order chi connectivity index (χ0) is 19.8. The number of fused-ring (bicyclic) bond motifs is 1. The Bertz CT molecular complexity index is 1140. The van der Waals surface area contributed by atoms with E-state index in [-0.39, 0.29) is 11.6 Å². The molecule has 4 aromatic heterocycles. The van der Waals surface area contributed by atoms with Crippen LogP contribution in [-0.2, 0) is 0 Å². The third kappa shape index (κ3) is 3.49. The summed E-state index contributed by atoms with van der Waals surface area (Å²) in [7, 11) is 0. The monoisotopic (exact) mass is 389 g/mol. The molecule has 1 aliphatic rings. The Balaban J connectivity index is 1.50. The van der Waals surface area contributed by atoms with E-state index in [0.29, 0.717) is 0 Å². The van der Waals surface area contributed by atoms with Crippen LogP contribution in [-0.4, -0.2) is 36.3 Å². The molecule has 7 heteroatoms. The van der Waals surface area contributed by atoms with Gasteiger partial charge in [-0.25, -0.2) is 9.97 Å². The highest BCUT2D eigenvalue weighted by Gasteiger charge is 2.31. The maximum absolute atomic E-state index is 10.1. The molecular formula is C22H23N5O2. The molecule has 29 heavy (non-hydrogen) atoms. The van der Waals surface area contributed by atoms with E-state index >= 15 is 0 Å². The first kappa shape index (κ1) is 17.9. The summed E-state index contributed by atoms with van der Waals surface area (Å²) in [5.41, 5.74) is 4.13. The Labute approximate surface area is 168 Å². The number of hydrogen-bond acceptors (Lipinski definition) is 6. The topological polar surface area (TPSA) is 89.0 Å². The number of aliphatic hydroxyl groups excluding tert-OH is 1. The Hall–Kier alpha value is -3.19. The van der Waals surface area contributed by atoms with Crippen molar-refractivity contribution in [2.45, 2.75) is 44.2 Å². The van der Waals surface area contributed by atoms with Gasteiger partial charge < -0.3 is 14.8 Å². The molecule has 0 amide bonds. The van der Waals surface area contributed by atoms with E-state index in [9.17, 15) is 5.11 Å². The van der Waals surface area contributed by atoms with Gasteiger partial charge >= 0.3 is 0 Å². The molecule has 4 heterocycles. The van der Waals surface area contributed by atoms with Gasteiger partial charge in [-0.05, 0) is 62.9 Å². The molecule has 0 bridgehead atoms. The molecule has 5 rings (SSSR count). The van der Waals surface area contributed by atoms with Gasteiger partial charge in [-0.2, -0.15) is 0 Å². The second-order valence-electron chi connectivity index (χ2n) is 8.00. The number of nitrogens with one attached hydrogen (secondary N) is 1. The predicted octanol–water partition coefficient (Wildman–Crippen LogP) is 4.18. The molecule has 0 saturated heterocycles. The Morgan fingerprint density at radius 2 is 2.17 bits per heavy atom. The van der Waals surface area contributed by atoms with Crippen LogP contribution in [0.1, 0.15) is 32.6 Å². The van der Waals surface area contributed by atoms with E-state index in [2.05, 4.69) is 22.2 Å². The fourth-order valence-electron chi connectivity index (χ4n) is 4.16. The van der Waals surface area contributed by atoms with Gasteiger partial charge in [0.15, 0.2) is 5.65 Å². The quantitative estimate of drug-likeness (QED) is 0.544. The number of hydrogen-bond donors (Lipinski definition) is 2. The maximum Gasteiger partial charge on any atom is 0.166 e. The van der Waals surface area contributed by atoms with Crippen LogP contribution >= 0.6 is 0 Å². The smallest absolute Gasteiger partial charge is 0.166 e. The van der Waals surface area contributed by atoms with Crippen LogP contribution in [0.15, 0.2) is 59.8 Å². The molecule has 7 nitrogen and oxygen atoms in total. The molecule has 0 aliphatic heterocycles. The molecule has 1 saturated carbocycles. The summed E-state index contributed by atoms with van der Waals surface area (Å²) in [6.45, 7) is 2.15. The van der Waals surface area contributed by atoms with Crippen molar-refractivity contribution in [3.05, 3.63) is 55.4 Å². The summed E-state index contributed by atoms with van der Waals surface area (Å²) in [4.78, 5) is 13.8. The third-order valence-corrected chi connectivity index (χ3v) is 5.62. The van der Waals surface area contributed by atoms with Crippen molar-refractivity contribution >= 4 is 17.0 Å². The summed E-state index contributed by atoms with van der Waals surface area (Å²) in [6.07, 6.45) is 10.2. The van der Waals surface area contributed by atoms with Crippen molar-refractivity contribution in [3.63, 3.8) is 0 Å². The van der Waals surface area contributed by atoms with E-state index in [1.165, 1.54) is 0 Å². The number of aromatic nitrogens is 4. The van der Waals surface area contributed by atoms with E-state index in [1.807, 2.05) is 34.9 Å². The summed E-state index contributed by atoms with van der Waals surface area (Å²) >= 11 is 0. The van der Waals surface area contributed by atoms with Gasteiger partial charge in [0, 0.05) is 17.3 Å². The van der Waals surface area contributed by atoms with Gasteiger partial charge in [-0.15, -0.1) is 0 Å². The van der Waals surface area contributed by atoms with E-state index in [4.69, 9.17) is 9.40 Å². The second kappa shape index (κ2) is 7.00. The lowest BCUT2D eigenvalue weighted by Crippen LogP contribution is -2.41. The number of imidazole rings is 1. The fourth-order valence-corrected chi connectivity index (χ4v) is 4.16. The molecule has 2 atom stereocenters. The summed E-state index contributed by atoms with van der Waals surface area (Å²) in [6, 6.07) is 9.74. The number of rotatable bonds is 4. The lowest BCUT2D eigenvalue weighted by Gasteiger charge is -2.37. The van der Waals surface area contributed by atoms with Gasteiger partial charge in [-0.3, -0.25) is 9.55 Å². The predicted molar refractivity (Wildman–Crippen MR) is 111 cm³/mol.